The van der Waals surface area contributed by atoms with Crippen molar-refractivity contribution in [3.05, 3.63) is 23.8 Å². The van der Waals surface area contributed by atoms with E-state index in [1.54, 1.807) is 11.8 Å². The number of hydrogen-bond donors (Lipinski definition) is 1. The Morgan fingerprint density at radius 3 is 3.11 bits per heavy atom. The molecule has 1 N–H and O–H groups in total. The Kier molecular flexibility index (Phi) is 5.27. The summed E-state index contributed by atoms with van der Waals surface area (Å²) in [7, 11) is 0. The Morgan fingerprint density at radius 2 is 2.44 bits per heavy atom. The zero-order valence-corrected chi connectivity index (χ0v) is 12.2. The summed E-state index contributed by atoms with van der Waals surface area (Å²) in [6.07, 6.45) is 2.62. The largest absolute Gasteiger partial charge is 0.383 e. The molecule has 0 aliphatic carbocycles. The molecule has 1 aliphatic heterocycles. The van der Waals surface area contributed by atoms with Crippen LogP contribution >= 0.6 is 23.5 Å². The lowest BCUT2D eigenvalue weighted by molar-refractivity contribution is 0.805. The van der Waals surface area contributed by atoms with Gasteiger partial charge in [-0.25, -0.2) is 0 Å². The SMILES string of the molecule is CCSc1cccc(NCC2CCCS2)c1C#N. The van der Waals surface area contributed by atoms with Crippen molar-refractivity contribution in [2.24, 2.45) is 0 Å². The molecule has 0 amide bonds. The molecule has 0 saturated carbocycles. The van der Waals surface area contributed by atoms with Gasteiger partial charge in [0.2, 0.25) is 0 Å². The standard InChI is InChI=1S/C14H18N2S2/c1-2-17-14-7-3-6-13(12(14)9-15)16-10-11-5-4-8-18-11/h3,6-7,11,16H,2,4-5,8,10H2,1H3. The summed E-state index contributed by atoms with van der Waals surface area (Å²) in [5, 5.41) is 13.5. The maximum atomic E-state index is 9.31. The topological polar surface area (TPSA) is 35.8 Å². The number of nitrogens with one attached hydrogen (secondary N) is 1. The van der Waals surface area contributed by atoms with Crippen LogP contribution in [0.25, 0.3) is 0 Å². The van der Waals surface area contributed by atoms with Crippen LogP contribution in [0.3, 0.4) is 0 Å². The van der Waals surface area contributed by atoms with Gasteiger partial charge in [0.05, 0.1) is 11.3 Å². The predicted octanol–water partition coefficient (Wildman–Crippen LogP) is 3.98. The van der Waals surface area contributed by atoms with Gasteiger partial charge in [0, 0.05) is 16.7 Å². The fourth-order valence-electron chi connectivity index (χ4n) is 2.10. The molecule has 0 aromatic heterocycles. The van der Waals surface area contributed by atoms with Crippen molar-refractivity contribution in [2.75, 3.05) is 23.4 Å². The first-order valence-electron chi connectivity index (χ1n) is 6.36. The minimum Gasteiger partial charge on any atom is -0.383 e. The number of anilines is 1. The quantitative estimate of drug-likeness (QED) is 0.827. The van der Waals surface area contributed by atoms with Crippen LogP contribution in [0.15, 0.2) is 23.1 Å². The van der Waals surface area contributed by atoms with Crippen molar-refractivity contribution in [3.63, 3.8) is 0 Å². The number of hydrogen-bond acceptors (Lipinski definition) is 4. The summed E-state index contributed by atoms with van der Waals surface area (Å²) >= 11 is 3.77. The third-order valence-corrected chi connectivity index (χ3v) is 5.32. The fourth-order valence-corrected chi connectivity index (χ4v) is 4.09. The Hall–Kier alpha value is -0.790. The summed E-state index contributed by atoms with van der Waals surface area (Å²) in [5.41, 5.74) is 1.79. The molecule has 96 valence electrons. The van der Waals surface area contributed by atoms with Gasteiger partial charge in [0.25, 0.3) is 0 Å². The van der Waals surface area contributed by atoms with Crippen LogP contribution in [0, 0.1) is 11.3 Å². The molecule has 2 nitrogen and oxygen atoms in total. The highest BCUT2D eigenvalue weighted by Crippen LogP contribution is 2.30. The van der Waals surface area contributed by atoms with Crippen molar-refractivity contribution in [3.8, 4) is 6.07 Å². The predicted molar refractivity (Wildman–Crippen MR) is 81.5 cm³/mol. The van der Waals surface area contributed by atoms with Gasteiger partial charge < -0.3 is 5.32 Å². The first kappa shape index (κ1) is 13.6. The summed E-state index contributed by atoms with van der Waals surface area (Å²) in [5.74, 6) is 2.28. The first-order chi connectivity index (χ1) is 8.85. The van der Waals surface area contributed by atoms with E-state index in [4.69, 9.17) is 0 Å². The van der Waals surface area contributed by atoms with Gasteiger partial charge in [-0.3, -0.25) is 0 Å². The third-order valence-electron chi connectivity index (χ3n) is 2.98. The minimum absolute atomic E-state index is 0.707. The second-order valence-corrected chi connectivity index (χ2v) is 6.95. The van der Waals surface area contributed by atoms with E-state index < -0.39 is 0 Å². The number of nitrogens with zero attached hydrogens (tertiary/aromatic N) is 1. The van der Waals surface area contributed by atoms with Crippen molar-refractivity contribution < 1.29 is 0 Å². The highest BCUT2D eigenvalue weighted by molar-refractivity contribution is 8.00. The normalized spacial score (nSPS) is 18.6. The van der Waals surface area contributed by atoms with Crippen LogP contribution < -0.4 is 5.32 Å². The monoisotopic (exact) mass is 278 g/mol. The van der Waals surface area contributed by atoms with E-state index in [0.717, 1.165) is 28.4 Å². The molecule has 0 bridgehead atoms. The molecule has 1 unspecified atom stereocenters. The number of thioether (sulfide) groups is 2. The molecule has 2 rings (SSSR count). The Morgan fingerprint density at radius 1 is 1.56 bits per heavy atom. The van der Waals surface area contributed by atoms with Gasteiger partial charge in [-0.1, -0.05) is 13.0 Å². The van der Waals surface area contributed by atoms with E-state index in [1.165, 1.54) is 18.6 Å². The number of rotatable bonds is 5. The van der Waals surface area contributed by atoms with Crippen molar-refractivity contribution >= 4 is 29.2 Å². The molecule has 1 aromatic carbocycles. The Balaban J connectivity index is 2.06. The number of benzene rings is 1. The van der Waals surface area contributed by atoms with Crippen molar-refractivity contribution in [2.45, 2.75) is 29.9 Å². The maximum absolute atomic E-state index is 9.31. The molecule has 1 heterocycles. The van der Waals surface area contributed by atoms with Gasteiger partial charge in [-0.15, -0.1) is 11.8 Å². The van der Waals surface area contributed by atoms with Crippen molar-refractivity contribution in [1.82, 2.24) is 0 Å². The van der Waals surface area contributed by atoms with Gasteiger partial charge >= 0.3 is 0 Å². The van der Waals surface area contributed by atoms with Gasteiger partial charge in [-0.2, -0.15) is 17.0 Å². The van der Waals surface area contributed by atoms with E-state index >= 15 is 0 Å². The minimum atomic E-state index is 0.707. The average molecular weight is 278 g/mol. The molecule has 1 fully saturated rings. The molecule has 1 aromatic rings. The summed E-state index contributed by atoms with van der Waals surface area (Å²) in [6, 6.07) is 8.41. The third kappa shape index (κ3) is 3.37. The smallest absolute Gasteiger partial charge is 0.102 e. The molecule has 4 heteroatoms. The van der Waals surface area contributed by atoms with Crippen molar-refractivity contribution in [1.29, 1.82) is 5.26 Å². The molecule has 18 heavy (non-hydrogen) atoms. The van der Waals surface area contributed by atoms with Crippen LogP contribution in [0.1, 0.15) is 25.3 Å². The number of nitriles is 1. The second kappa shape index (κ2) is 6.96. The lowest BCUT2D eigenvalue weighted by Crippen LogP contribution is -2.14. The van der Waals surface area contributed by atoms with Crippen LogP contribution in [0.2, 0.25) is 0 Å². The van der Waals surface area contributed by atoms with Crippen LogP contribution in [-0.2, 0) is 0 Å². The highest BCUT2D eigenvalue weighted by Gasteiger charge is 2.16. The van der Waals surface area contributed by atoms with Gasteiger partial charge in [0.1, 0.15) is 6.07 Å². The molecule has 1 saturated heterocycles. The maximum Gasteiger partial charge on any atom is 0.102 e. The summed E-state index contributed by atoms with van der Waals surface area (Å²) in [6.45, 7) is 3.08. The molecule has 1 aliphatic rings. The van der Waals surface area contributed by atoms with E-state index in [9.17, 15) is 5.26 Å². The van der Waals surface area contributed by atoms with Gasteiger partial charge in [0.15, 0.2) is 0 Å². The van der Waals surface area contributed by atoms with E-state index in [1.807, 2.05) is 30.0 Å². The molecule has 0 radical (unpaired) electrons. The zero-order chi connectivity index (χ0) is 12.8. The Labute approximate surface area is 118 Å². The molecule has 0 spiro atoms. The average Bonchev–Trinajstić information content (AvgIpc) is 2.90. The van der Waals surface area contributed by atoms with Crippen LogP contribution in [0.5, 0.6) is 0 Å². The molecule has 1 atom stereocenters. The second-order valence-electron chi connectivity index (χ2n) is 4.24. The summed E-state index contributed by atoms with van der Waals surface area (Å²) < 4.78 is 0. The lowest BCUT2D eigenvalue weighted by atomic mass is 10.2. The zero-order valence-electron chi connectivity index (χ0n) is 10.6. The molecular formula is C14H18N2S2. The van der Waals surface area contributed by atoms with Crippen LogP contribution in [-0.4, -0.2) is 23.3 Å². The van der Waals surface area contributed by atoms with E-state index in [2.05, 4.69) is 18.3 Å². The first-order valence-corrected chi connectivity index (χ1v) is 8.40. The fraction of sp³-hybridized carbons (Fsp3) is 0.500. The van der Waals surface area contributed by atoms with Gasteiger partial charge in [-0.05, 0) is 36.5 Å². The highest BCUT2D eigenvalue weighted by atomic mass is 32.2. The van der Waals surface area contributed by atoms with E-state index in [-0.39, 0.29) is 0 Å². The molecular weight excluding hydrogens is 260 g/mol. The van der Waals surface area contributed by atoms with E-state index in [0.29, 0.717) is 5.25 Å². The summed E-state index contributed by atoms with van der Waals surface area (Å²) in [4.78, 5) is 1.09. The Bertz CT molecular complexity index is 434. The van der Waals surface area contributed by atoms with Crippen LogP contribution in [0.4, 0.5) is 5.69 Å². The lowest BCUT2D eigenvalue weighted by Gasteiger charge is -2.14.